The van der Waals surface area contributed by atoms with E-state index in [2.05, 4.69) is 17.1 Å². The Bertz CT molecular complexity index is 319. The number of carbonyl (C=O) groups excluding carboxylic acids is 1. The first-order chi connectivity index (χ1) is 10.2. The summed E-state index contributed by atoms with van der Waals surface area (Å²) in [5.41, 5.74) is 0. The fourth-order valence-corrected chi connectivity index (χ4v) is 3.24. The Morgan fingerprint density at radius 2 is 2.29 bits per heavy atom. The maximum Gasteiger partial charge on any atom is 0.249 e. The normalized spacial score (nSPS) is 30.5. The molecule has 2 saturated heterocycles. The van der Waals surface area contributed by atoms with E-state index >= 15 is 0 Å². The third-order valence-corrected chi connectivity index (χ3v) is 4.51. The number of piperidine rings is 1. The molecule has 0 spiro atoms. The summed E-state index contributed by atoms with van der Waals surface area (Å²) < 4.78 is 10.8. The van der Waals surface area contributed by atoms with E-state index in [9.17, 15) is 4.79 Å². The van der Waals surface area contributed by atoms with Crippen LogP contribution in [-0.2, 0) is 14.3 Å². The Morgan fingerprint density at radius 1 is 1.43 bits per heavy atom. The van der Waals surface area contributed by atoms with Crippen LogP contribution in [0.15, 0.2) is 0 Å². The van der Waals surface area contributed by atoms with E-state index in [1.807, 2.05) is 6.92 Å². The van der Waals surface area contributed by atoms with Gasteiger partial charge in [-0.2, -0.15) is 0 Å². The van der Waals surface area contributed by atoms with Crippen molar-refractivity contribution in [2.75, 3.05) is 39.5 Å². The minimum absolute atomic E-state index is 0.0918. The van der Waals surface area contributed by atoms with Gasteiger partial charge in [-0.1, -0.05) is 6.92 Å². The van der Waals surface area contributed by atoms with Gasteiger partial charge in [0, 0.05) is 45.5 Å². The molecule has 0 saturated carbocycles. The van der Waals surface area contributed by atoms with E-state index in [1.165, 1.54) is 0 Å². The standard InChI is InChI=1S/C16H30N2O3/c1-3-20-10-5-8-18-9-7-14(13(2)12-18)17-16(19)15-6-4-11-21-15/h13-15H,3-12H2,1-2H3,(H,17,19)/t13-,14+,15+/m1/s1. The molecule has 0 aliphatic carbocycles. The van der Waals surface area contributed by atoms with E-state index in [-0.39, 0.29) is 12.0 Å². The predicted molar refractivity (Wildman–Crippen MR) is 82.2 cm³/mol. The van der Waals surface area contributed by atoms with Gasteiger partial charge in [0.25, 0.3) is 0 Å². The van der Waals surface area contributed by atoms with Crippen molar-refractivity contribution in [3.8, 4) is 0 Å². The lowest BCUT2D eigenvalue weighted by Crippen LogP contribution is -2.52. The molecule has 0 unspecified atom stereocenters. The van der Waals surface area contributed by atoms with E-state index in [0.717, 1.165) is 65.1 Å². The molecule has 1 amide bonds. The van der Waals surface area contributed by atoms with Crippen LogP contribution in [0.25, 0.3) is 0 Å². The summed E-state index contributed by atoms with van der Waals surface area (Å²) in [5.74, 6) is 0.588. The molecular weight excluding hydrogens is 268 g/mol. The number of hydrogen-bond donors (Lipinski definition) is 1. The SMILES string of the molecule is CCOCCCN1CC[C@H](NC(=O)[C@@H]2CCCO2)[C@H](C)C1. The summed E-state index contributed by atoms with van der Waals surface area (Å²) in [7, 11) is 0. The highest BCUT2D eigenvalue weighted by molar-refractivity contribution is 5.81. The van der Waals surface area contributed by atoms with Crippen molar-refractivity contribution in [1.82, 2.24) is 10.2 Å². The van der Waals surface area contributed by atoms with Gasteiger partial charge < -0.3 is 19.7 Å². The quantitative estimate of drug-likeness (QED) is 0.722. The van der Waals surface area contributed by atoms with Gasteiger partial charge in [-0.15, -0.1) is 0 Å². The zero-order valence-electron chi connectivity index (χ0n) is 13.5. The number of carbonyl (C=O) groups is 1. The number of ether oxygens (including phenoxy) is 2. The topological polar surface area (TPSA) is 50.8 Å². The van der Waals surface area contributed by atoms with Crippen molar-refractivity contribution in [3.63, 3.8) is 0 Å². The van der Waals surface area contributed by atoms with Crippen molar-refractivity contribution < 1.29 is 14.3 Å². The van der Waals surface area contributed by atoms with Crippen LogP contribution in [0.5, 0.6) is 0 Å². The number of nitrogens with zero attached hydrogens (tertiary/aromatic N) is 1. The van der Waals surface area contributed by atoms with E-state index < -0.39 is 0 Å². The Labute approximate surface area is 128 Å². The van der Waals surface area contributed by atoms with Crippen LogP contribution in [-0.4, -0.2) is 62.4 Å². The first-order valence-corrected chi connectivity index (χ1v) is 8.42. The Balaban J connectivity index is 1.67. The first-order valence-electron chi connectivity index (χ1n) is 8.42. The van der Waals surface area contributed by atoms with Crippen LogP contribution in [0, 0.1) is 5.92 Å². The van der Waals surface area contributed by atoms with Crippen LogP contribution in [0.4, 0.5) is 0 Å². The number of amides is 1. The fourth-order valence-electron chi connectivity index (χ4n) is 3.24. The second kappa shape index (κ2) is 8.71. The summed E-state index contributed by atoms with van der Waals surface area (Å²) in [6.45, 7) is 9.85. The lowest BCUT2D eigenvalue weighted by Gasteiger charge is -2.37. The summed E-state index contributed by atoms with van der Waals surface area (Å²) >= 11 is 0. The average Bonchev–Trinajstić information content (AvgIpc) is 3.00. The number of hydrogen-bond acceptors (Lipinski definition) is 4. The van der Waals surface area contributed by atoms with Crippen LogP contribution in [0.1, 0.15) is 39.5 Å². The number of nitrogens with one attached hydrogen (secondary N) is 1. The second-order valence-electron chi connectivity index (χ2n) is 6.23. The Hall–Kier alpha value is -0.650. The molecule has 0 bridgehead atoms. The highest BCUT2D eigenvalue weighted by atomic mass is 16.5. The van der Waals surface area contributed by atoms with Crippen LogP contribution in [0.3, 0.4) is 0 Å². The monoisotopic (exact) mass is 298 g/mol. The molecule has 5 heteroatoms. The van der Waals surface area contributed by atoms with Gasteiger partial charge in [0.05, 0.1) is 0 Å². The summed E-state index contributed by atoms with van der Waals surface area (Å²) in [6.07, 6.45) is 3.80. The maximum absolute atomic E-state index is 12.1. The van der Waals surface area contributed by atoms with E-state index in [0.29, 0.717) is 12.0 Å². The lowest BCUT2D eigenvalue weighted by molar-refractivity contribution is -0.131. The maximum atomic E-state index is 12.1. The molecule has 0 radical (unpaired) electrons. The summed E-state index contributed by atoms with van der Waals surface area (Å²) in [4.78, 5) is 14.6. The molecular formula is C16H30N2O3. The first kappa shape index (κ1) is 16.7. The lowest BCUT2D eigenvalue weighted by atomic mass is 9.93. The summed E-state index contributed by atoms with van der Waals surface area (Å²) in [5, 5.41) is 3.19. The zero-order valence-corrected chi connectivity index (χ0v) is 13.5. The van der Waals surface area contributed by atoms with E-state index in [1.54, 1.807) is 0 Å². The predicted octanol–water partition coefficient (Wildman–Crippen LogP) is 1.42. The molecule has 2 aliphatic heterocycles. The zero-order chi connectivity index (χ0) is 15.1. The molecule has 21 heavy (non-hydrogen) atoms. The van der Waals surface area contributed by atoms with Gasteiger partial charge in [0.15, 0.2) is 0 Å². The molecule has 1 N–H and O–H groups in total. The van der Waals surface area contributed by atoms with Crippen LogP contribution < -0.4 is 5.32 Å². The van der Waals surface area contributed by atoms with Crippen LogP contribution >= 0.6 is 0 Å². The Morgan fingerprint density at radius 3 is 2.95 bits per heavy atom. The third-order valence-electron chi connectivity index (χ3n) is 4.51. The molecule has 3 atom stereocenters. The molecule has 122 valence electrons. The highest BCUT2D eigenvalue weighted by Crippen LogP contribution is 2.19. The van der Waals surface area contributed by atoms with Gasteiger partial charge in [-0.05, 0) is 38.5 Å². The van der Waals surface area contributed by atoms with Crippen molar-refractivity contribution in [1.29, 1.82) is 0 Å². The molecule has 0 aromatic heterocycles. The molecule has 5 nitrogen and oxygen atoms in total. The molecule has 0 aromatic rings. The van der Waals surface area contributed by atoms with Crippen LogP contribution in [0.2, 0.25) is 0 Å². The highest BCUT2D eigenvalue weighted by Gasteiger charge is 2.30. The van der Waals surface area contributed by atoms with E-state index in [4.69, 9.17) is 9.47 Å². The van der Waals surface area contributed by atoms with Gasteiger partial charge in [0.2, 0.25) is 5.91 Å². The van der Waals surface area contributed by atoms with Gasteiger partial charge in [-0.3, -0.25) is 4.79 Å². The minimum atomic E-state index is -0.207. The average molecular weight is 298 g/mol. The van der Waals surface area contributed by atoms with Crippen molar-refractivity contribution in [2.24, 2.45) is 5.92 Å². The van der Waals surface area contributed by atoms with Gasteiger partial charge in [-0.25, -0.2) is 0 Å². The largest absolute Gasteiger partial charge is 0.382 e. The van der Waals surface area contributed by atoms with Crippen molar-refractivity contribution in [3.05, 3.63) is 0 Å². The number of rotatable bonds is 7. The molecule has 0 aromatic carbocycles. The molecule has 2 rings (SSSR count). The second-order valence-corrected chi connectivity index (χ2v) is 6.23. The Kier molecular flexibility index (Phi) is 6.93. The smallest absolute Gasteiger partial charge is 0.249 e. The molecule has 2 heterocycles. The third kappa shape index (κ3) is 5.24. The minimum Gasteiger partial charge on any atom is -0.382 e. The summed E-state index contributed by atoms with van der Waals surface area (Å²) in [6, 6.07) is 0.296. The molecule has 2 aliphatic rings. The fraction of sp³-hybridized carbons (Fsp3) is 0.938. The number of likely N-dealkylation sites (tertiary alicyclic amines) is 1. The van der Waals surface area contributed by atoms with Gasteiger partial charge >= 0.3 is 0 Å². The van der Waals surface area contributed by atoms with Gasteiger partial charge in [0.1, 0.15) is 6.10 Å². The molecule has 2 fully saturated rings. The van der Waals surface area contributed by atoms with Crippen molar-refractivity contribution >= 4 is 5.91 Å². The van der Waals surface area contributed by atoms with Crippen molar-refractivity contribution in [2.45, 2.75) is 51.7 Å².